The van der Waals surface area contributed by atoms with Crippen molar-refractivity contribution in [3.05, 3.63) is 33.9 Å². The third-order valence-electron chi connectivity index (χ3n) is 2.89. The van der Waals surface area contributed by atoms with Crippen molar-refractivity contribution in [1.29, 1.82) is 0 Å². The van der Waals surface area contributed by atoms with E-state index in [2.05, 4.69) is 15.9 Å². The van der Waals surface area contributed by atoms with Crippen LogP contribution < -0.4 is 4.74 Å². The van der Waals surface area contributed by atoms with Gasteiger partial charge in [-0.15, -0.1) is 0 Å². The Bertz CT molecular complexity index is 448. The highest BCUT2D eigenvalue weighted by Gasteiger charge is 2.19. The molecule has 6 heteroatoms. The predicted molar refractivity (Wildman–Crippen MR) is 76.9 cm³/mol. The lowest BCUT2D eigenvalue weighted by Gasteiger charge is -2.22. The lowest BCUT2D eigenvalue weighted by atomic mass is 10.1. The van der Waals surface area contributed by atoms with E-state index < -0.39 is 4.92 Å². The maximum absolute atomic E-state index is 11.0. The fourth-order valence-electron chi connectivity index (χ4n) is 1.42. The molecule has 5 nitrogen and oxygen atoms in total. The topological polar surface area (TPSA) is 61.6 Å². The van der Waals surface area contributed by atoms with Gasteiger partial charge in [0, 0.05) is 24.9 Å². The summed E-state index contributed by atoms with van der Waals surface area (Å²) >= 11 is 3.27. The van der Waals surface area contributed by atoms with Gasteiger partial charge >= 0.3 is 5.69 Å². The molecule has 19 heavy (non-hydrogen) atoms. The van der Waals surface area contributed by atoms with E-state index >= 15 is 0 Å². The van der Waals surface area contributed by atoms with Gasteiger partial charge in [-0.1, -0.05) is 22.0 Å². The molecule has 0 saturated carbocycles. The van der Waals surface area contributed by atoms with E-state index in [0.29, 0.717) is 24.1 Å². The van der Waals surface area contributed by atoms with E-state index in [-0.39, 0.29) is 11.3 Å². The fourth-order valence-corrected chi connectivity index (χ4v) is 1.77. The van der Waals surface area contributed by atoms with Crippen LogP contribution in [-0.4, -0.2) is 24.2 Å². The number of hydrogen-bond donors (Lipinski definition) is 0. The molecule has 0 fully saturated rings. The Hall–Kier alpha value is -1.14. The van der Waals surface area contributed by atoms with Gasteiger partial charge in [-0.05, 0) is 25.5 Å². The molecule has 1 aromatic rings. The minimum Gasteiger partial charge on any atom is -0.487 e. The van der Waals surface area contributed by atoms with Crippen LogP contribution in [0.3, 0.4) is 0 Å². The van der Waals surface area contributed by atoms with E-state index in [4.69, 9.17) is 9.47 Å². The largest absolute Gasteiger partial charge is 0.487 e. The Balaban J connectivity index is 2.75. The average Bonchev–Trinajstić information content (AvgIpc) is 2.38. The first-order valence-corrected chi connectivity index (χ1v) is 7.03. The molecule has 1 rings (SSSR count). The van der Waals surface area contributed by atoms with Gasteiger partial charge in [0.05, 0.1) is 17.1 Å². The zero-order valence-corrected chi connectivity index (χ0v) is 12.9. The molecule has 0 aliphatic heterocycles. The molecular formula is C13H18BrNO4. The number of nitrogens with zero attached hydrogens (tertiary/aromatic N) is 1. The number of alkyl halides is 1. The second-order valence-corrected chi connectivity index (χ2v) is 5.32. The van der Waals surface area contributed by atoms with Crippen LogP contribution in [0, 0.1) is 10.1 Å². The van der Waals surface area contributed by atoms with Crippen molar-refractivity contribution < 1.29 is 14.4 Å². The molecule has 0 aliphatic carbocycles. The number of halogens is 1. The number of benzene rings is 1. The van der Waals surface area contributed by atoms with E-state index in [9.17, 15) is 10.1 Å². The monoisotopic (exact) mass is 331 g/mol. The van der Waals surface area contributed by atoms with Crippen molar-refractivity contribution >= 4 is 21.6 Å². The molecule has 106 valence electrons. The molecule has 0 radical (unpaired) electrons. The predicted octanol–water partition coefficient (Wildman–Crippen LogP) is 3.68. The number of ether oxygens (including phenoxy) is 2. The summed E-state index contributed by atoms with van der Waals surface area (Å²) in [5.74, 6) is 0.293. The standard InChI is InChI=1S/C13H18BrNO4/c1-13(2,18-3)6-7-19-12-5-4-10(9-14)8-11(12)15(16)17/h4-5,8H,6-7,9H2,1-3H3. The Morgan fingerprint density at radius 3 is 2.63 bits per heavy atom. The molecule has 0 bridgehead atoms. The molecule has 0 saturated heterocycles. The van der Waals surface area contributed by atoms with Crippen LogP contribution in [0.25, 0.3) is 0 Å². The first kappa shape index (κ1) is 15.9. The van der Waals surface area contributed by atoms with Crippen molar-refractivity contribution in [3.8, 4) is 5.75 Å². The van der Waals surface area contributed by atoms with Crippen LogP contribution in [0.1, 0.15) is 25.8 Å². The zero-order valence-electron chi connectivity index (χ0n) is 11.3. The molecule has 0 aliphatic rings. The van der Waals surface area contributed by atoms with Crippen LogP contribution in [0.15, 0.2) is 18.2 Å². The highest BCUT2D eigenvalue weighted by molar-refractivity contribution is 9.08. The lowest BCUT2D eigenvalue weighted by molar-refractivity contribution is -0.385. The Morgan fingerprint density at radius 2 is 2.11 bits per heavy atom. The SMILES string of the molecule is COC(C)(C)CCOc1ccc(CBr)cc1[N+](=O)[O-]. The molecule has 0 N–H and O–H groups in total. The molecule has 0 unspecified atom stereocenters. The summed E-state index contributed by atoms with van der Waals surface area (Å²) < 4.78 is 10.8. The zero-order chi connectivity index (χ0) is 14.5. The average molecular weight is 332 g/mol. The van der Waals surface area contributed by atoms with E-state index in [1.54, 1.807) is 19.2 Å². The highest BCUT2D eigenvalue weighted by atomic mass is 79.9. The van der Waals surface area contributed by atoms with E-state index in [1.807, 2.05) is 13.8 Å². The first-order chi connectivity index (χ1) is 8.89. The molecule has 0 atom stereocenters. The molecule has 0 spiro atoms. The van der Waals surface area contributed by atoms with E-state index in [0.717, 1.165) is 5.56 Å². The molecule has 1 aromatic carbocycles. The summed E-state index contributed by atoms with van der Waals surface area (Å²) in [6.45, 7) is 4.26. The second-order valence-electron chi connectivity index (χ2n) is 4.76. The smallest absolute Gasteiger partial charge is 0.311 e. The first-order valence-electron chi connectivity index (χ1n) is 5.91. The maximum Gasteiger partial charge on any atom is 0.311 e. The van der Waals surface area contributed by atoms with Crippen LogP contribution in [-0.2, 0) is 10.1 Å². The number of rotatable bonds is 7. The van der Waals surface area contributed by atoms with Gasteiger partial charge < -0.3 is 9.47 Å². The summed E-state index contributed by atoms with van der Waals surface area (Å²) in [6.07, 6.45) is 0.654. The summed E-state index contributed by atoms with van der Waals surface area (Å²) in [6, 6.07) is 4.96. The Kier molecular flexibility index (Phi) is 5.75. The van der Waals surface area contributed by atoms with Gasteiger partial charge in [-0.3, -0.25) is 10.1 Å². The van der Waals surface area contributed by atoms with Gasteiger partial charge in [0.15, 0.2) is 5.75 Å². The van der Waals surface area contributed by atoms with Gasteiger partial charge in [-0.2, -0.15) is 0 Å². The third kappa shape index (κ3) is 4.80. The molecule has 0 amide bonds. The number of nitro benzene ring substituents is 1. The lowest BCUT2D eigenvalue weighted by Crippen LogP contribution is -2.25. The van der Waals surface area contributed by atoms with Gasteiger partial charge in [0.2, 0.25) is 0 Å². The van der Waals surface area contributed by atoms with Crippen LogP contribution >= 0.6 is 15.9 Å². The quantitative estimate of drug-likeness (QED) is 0.434. The third-order valence-corrected chi connectivity index (χ3v) is 3.54. The van der Waals surface area contributed by atoms with Crippen LogP contribution in [0.4, 0.5) is 5.69 Å². The van der Waals surface area contributed by atoms with Crippen LogP contribution in [0.2, 0.25) is 0 Å². The summed E-state index contributed by atoms with van der Waals surface area (Å²) in [4.78, 5) is 10.6. The van der Waals surface area contributed by atoms with Gasteiger partial charge in [0.25, 0.3) is 0 Å². The van der Waals surface area contributed by atoms with Crippen molar-refractivity contribution in [2.45, 2.75) is 31.2 Å². The molecule has 0 aromatic heterocycles. The van der Waals surface area contributed by atoms with E-state index in [1.165, 1.54) is 6.07 Å². The minimum absolute atomic E-state index is 0.00725. The molecule has 0 heterocycles. The second kappa shape index (κ2) is 6.86. The van der Waals surface area contributed by atoms with Gasteiger partial charge in [0.1, 0.15) is 0 Å². The number of hydrogen-bond acceptors (Lipinski definition) is 4. The van der Waals surface area contributed by atoms with Crippen LogP contribution in [0.5, 0.6) is 5.75 Å². The number of nitro groups is 1. The summed E-state index contributed by atoms with van der Waals surface area (Å²) in [5, 5.41) is 11.6. The Morgan fingerprint density at radius 1 is 1.42 bits per heavy atom. The minimum atomic E-state index is -0.428. The molecular weight excluding hydrogens is 314 g/mol. The summed E-state index contributed by atoms with van der Waals surface area (Å²) in [7, 11) is 1.63. The van der Waals surface area contributed by atoms with Crippen molar-refractivity contribution in [1.82, 2.24) is 0 Å². The van der Waals surface area contributed by atoms with Crippen molar-refractivity contribution in [3.63, 3.8) is 0 Å². The van der Waals surface area contributed by atoms with Crippen molar-refractivity contribution in [2.75, 3.05) is 13.7 Å². The fraction of sp³-hybridized carbons (Fsp3) is 0.538. The van der Waals surface area contributed by atoms with Crippen molar-refractivity contribution in [2.24, 2.45) is 0 Å². The normalized spacial score (nSPS) is 11.4. The highest BCUT2D eigenvalue weighted by Crippen LogP contribution is 2.29. The summed E-state index contributed by atoms with van der Waals surface area (Å²) in [5.41, 5.74) is 0.536. The van der Waals surface area contributed by atoms with Gasteiger partial charge in [-0.25, -0.2) is 0 Å². The number of methoxy groups -OCH3 is 1. The Labute approximate surface area is 121 Å². The maximum atomic E-state index is 11.0.